The Labute approximate surface area is 89.1 Å². The highest BCUT2D eigenvalue weighted by Gasteiger charge is 2.07. The predicted octanol–water partition coefficient (Wildman–Crippen LogP) is 3.09. The van der Waals surface area contributed by atoms with Crippen molar-refractivity contribution in [3.8, 4) is 0 Å². The average Bonchev–Trinajstić information content (AvgIpc) is 2.72. The second-order valence-corrected chi connectivity index (χ2v) is 3.33. The summed E-state index contributed by atoms with van der Waals surface area (Å²) < 4.78 is 0. The van der Waals surface area contributed by atoms with Crippen molar-refractivity contribution in [3.05, 3.63) is 54.6 Å². The molecule has 0 atom stereocenters. The Morgan fingerprint density at radius 2 is 1.87 bits per heavy atom. The zero-order valence-electron chi connectivity index (χ0n) is 8.55. The zero-order chi connectivity index (χ0) is 10.7. The van der Waals surface area contributed by atoms with Gasteiger partial charge in [-0.1, -0.05) is 18.2 Å². The number of para-hydroxylation sites is 1. The van der Waals surface area contributed by atoms with Gasteiger partial charge in [-0.25, -0.2) is 0 Å². The number of hydrogen-bond donors (Lipinski definition) is 0. The van der Waals surface area contributed by atoms with Crippen molar-refractivity contribution in [1.29, 1.82) is 0 Å². The Morgan fingerprint density at radius 1 is 1.13 bits per heavy atom. The van der Waals surface area contributed by atoms with Gasteiger partial charge in [-0.05, 0) is 12.1 Å². The number of nitrogens with zero attached hydrogens (tertiary/aromatic N) is 1. The Hall–Kier alpha value is -1.96. The second-order valence-electron chi connectivity index (χ2n) is 3.33. The highest BCUT2D eigenvalue weighted by atomic mass is 16.2. The number of anilines is 2. The highest BCUT2D eigenvalue weighted by molar-refractivity contribution is 5.99. The number of rotatable bonds is 2. The summed E-state index contributed by atoms with van der Waals surface area (Å²) in [5, 5.41) is 0. The van der Waals surface area contributed by atoms with Gasteiger partial charge in [0.1, 0.15) is 0 Å². The summed E-state index contributed by atoms with van der Waals surface area (Å²) in [5.41, 5.74) is 1.81. The van der Waals surface area contributed by atoms with E-state index in [9.17, 15) is 4.79 Å². The van der Waals surface area contributed by atoms with Gasteiger partial charge in [0.25, 0.3) is 0 Å². The van der Waals surface area contributed by atoms with Crippen LogP contribution in [0.15, 0.2) is 54.6 Å². The average molecular weight is 198 g/mol. The Morgan fingerprint density at radius 3 is 2.40 bits per heavy atom. The fourth-order valence-electron chi connectivity index (χ4n) is 1.60. The highest BCUT2D eigenvalue weighted by Crippen LogP contribution is 2.25. The lowest BCUT2D eigenvalue weighted by Gasteiger charge is -2.25. The lowest BCUT2D eigenvalue weighted by molar-refractivity contribution is -0.115. The van der Waals surface area contributed by atoms with Crippen molar-refractivity contribution < 1.29 is 4.79 Å². The van der Waals surface area contributed by atoms with E-state index in [1.807, 2.05) is 54.6 Å². The van der Waals surface area contributed by atoms with E-state index in [2.05, 4.69) is 0 Å². The monoisotopic (exact) mass is 198 g/mol. The summed E-state index contributed by atoms with van der Waals surface area (Å²) in [7, 11) is 0. The number of hydrogen-bond acceptors (Lipinski definition) is 1. The van der Waals surface area contributed by atoms with Crippen LogP contribution in [0, 0.1) is 0 Å². The largest absolute Gasteiger partial charge is 0.347 e. The Balaban J connectivity index is 2.42. The van der Waals surface area contributed by atoms with Crippen LogP contribution in [0.4, 0.5) is 11.4 Å². The molecule has 0 heterocycles. The summed E-state index contributed by atoms with van der Waals surface area (Å²) in [4.78, 5) is 13.3. The van der Waals surface area contributed by atoms with E-state index in [-0.39, 0.29) is 5.91 Å². The molecule has 0 aliphatic heterocycles. The van der Waals surface area contributed by atoms with Gasteiger partial charge in [-0.2, -0.15) is 24.3 Å². The molecule has 0 aromatic heterocycles. The predicted molar refractivity (Wildman–Crippen MR) is 61.3 cm³/mol. The molecule has 0 saturated heterocycles. The summed E-state index contributed by atoms with van der Waals surface area (Å²) >= 11 is 0. The second kappa shape index (κ2) is 4.05. The van der Waals surface area contributed by atoms with E-state index in [4.69, 9.17) is 0 Å². The van der Waals surface area contributed by atoms with Gasteiger partial charge in [-0.3, -0.25) is 4.79 Å². The van der Waals surface area contributed by atoms with Gasteiger partial charge in [0.15, 0.2) is 0 Å². The van der Waals surface area contributed by atoms with Gasteiger partial charge in [0.2, 0.25) is 5.91 Å². The zero-order valence-corrected chi connectivity index (χ0v) is 8.55. The van der Waals surface area contributed by atoms with Crippen molar-refractivity contribution in [2.75, 3.05) is 4.90 Å². The molecule has 0 fully saturated rings. The van der Waals surface area contributed by atoms with Gasteiger partial charge >= 0.3 is 0 Å². The van der Waals surface area contributed by atoms with Crippen LogP contribution < -0.4 is 4.90 Å². The van der Waals surface area contributed by atoms with Crippen LogP contribution in [0.25, 0.3) is 0 Å². The standard InChI is InChI=1S/C13H12NO/c1-11(15)14(13-9-5-6-10-13)12-7-3-2-4-8-12/h2-10H,1H3/q-1. The maximum absolute atomic E-state index is 11.6. The molecule has 2 aromatic rings. The number of benzene rings is 1. The minimum atomic E-state index is 0.0207. The van der Waals surface area contributed by atoms with Gasteiger partial charge in [0, 0.05) is 12.6 Å². The van der Waals surface area contributed by atoms with E-state index in [0.717, 1.165) is 11.4 Å². The van der Waals surface area contributed by atoms with Gasteiger partial charge in [-0.15, -0.1) is 5.69 Å². The molecule has 2 nitrogen and oxygen atoms in total. The lowest BCUT2D eigenvalue weighted by Crippen LogP contribution is -2.21. The van der Waals surface area contributed by atoms with E-state index in [1.54, 1.807) is 11.8 Å². The van der Waals surface area contributed by atoms with Crippen LogP contribution in [0.3, 0.4) is 0 Å². The Kier molecular flexibility index (Phi) is 2.59. The van der Waals surface area contributed by atoms with Crippen molar-refractivity contribution in [2.24, 2.45) is 0 Å². The molecule has 0 radical (unpaired) electrons. The smallest absolute Gasteiger partial charge is 0.216 e. The van der Waals surface area contributed by atoms with Crippen molar-refractivity contribution in [2.45, 2.75) is 6.92 Å². The molecule has 1 amide bonds. The molecule has 0 unspecified atom stereocenters. The molecule has 0 saturated carbocycles. The van der Waals surface area contributed by atoms with E-state index in [0.29, 0.717) is 0 Å². The third-order valence-electron chi connectivity index (χ3n) is 2.23. The maximum atomic E-state index is 11.6. The van der Waals surface area contributed by atoms with Crippen molar-refractivity contribution in [1.82, 2.24) is 0 Å². The first-order valence-electron chi connectivity index (χ1n) is 4.86. The fourth-order valence-corrected chi connectivity index (χ4v) is 1.60. The number of carbonyl (C=O) groups excluding carboxylic acids is 1. The van der Waals surface area contributed by atoms with Crippen LogP contribution in [0.5, 0.6) is 0 Å². The lowest BCUT2D eigenvalue weighted by atomic mass is 10.2. The van der Waals surface area contributed by atoms with Crippen LogP contribution in [-0.2, 0) is 4.79 Å². The first-order chi connectivity index (χ1) is 7.29. The molecule has 76 valence electrons. The molecule has 0 bridgehead atoms. The van der Waals surface area contributed by atoms with Gasteiger partial charge < -0.3 is 4.90 Å². The van der Waals surface area contributed by atoms with Crippen molar-refractivity contribution in [3.63, 3.8) is 0 Å². The molecule has 15 heavy (non-hydrogen) atoms. The summed E-state index contributed by atoms with van der Waals surface area (Å²) in [6, 6.07) is 17.3. The van der Waals surface area contributed by atoms with Gasteiger partial charge in [0.05, 0.1) is 0 Å². The topological polar surface area (TPSA) is 20.3 Å². The van der Waals surface area contributed by atoms with E-state index in [1.165, 1.54) is 0 Å². The first-order valence-corrected chi connectivity index (χ1v) is 4.86. The molecule has 0 N–H and O–H groups in total. The molecule has 0 aliphatic rings. The molecule has 2 heteroatoms. The minimum Gasteiger partial charge on any atom is -0.347 e. The molecular formula is C13H12NO-. The molecule has 0 aliphatic carbocycles. The van der Waals surface area contributed by atoms with Crippen LogP contribution in [0.1, 0.15) is 6.92 Å². The third kappa shape index (κ3) is 1.94. The molecule has 0 spiro atoms. The number of amides is 1. The first kappa shape index (κ1) is 9.59. The SMILES string of the molecule is CC(=O)N(c1ccccc1)c1cc[cH-]c1. The Bertz CT molecular complexity index is 431. The minimum absolute atomic E-state index is 0.0207. The summed E-state index contributed by atoms with van der Waals surface area (Å²) in [6.45, 7) is 1.57. The van der Waals surface area contributed by atoms with Crippen LogP contribution >= 0.6 is 0 Å². The molecule has 2 aromatic carbocycles. The van der Waals surface area contributed by atoms with Crippen molar-refractivity contribution >= 4 is 17.3 Å². The van der Waals surface area contributed by atoms with Crippen LogP contribution in [0.2, 0.25) is 0 Å². The summed E-state index contributed by atoms with van der Waals surface area (Å²) in [5.74, 6) is 0.0207. The van der Waals surface area contributed by atoms with E-state index >= 15 is 0 Å². The fraction of sp³-hybridized carbons (Fsp3) is 0.0769. The van der Waals surface area contributed by atoms with E-state index < -0.39 is 0 Å². The molecule has 2 rings (SSSR count). The normalized spacial score (nSPS) is 9.93. The summed E-state index contributed by atoms with van der Waals surface area (Å²) in [6.07, 6.45) is 0. The maximum Gasteiger partial charge on any atom is 0.216 e. The molecular weight excluding hydrogens is 186 g/mol. The van der Waals surface area contributed by atoms with Crippen LogP contribution in [-0.4, -0.2) is 5.91 Å². The third-order valence-corrected chi connectivity index (χ3v) is 2.23. The number of carbonyl (C=O) groups is 1. The quantitative estimate of drug-likeness (QED) is 0.679.